The SMILES string of the molecule is CCNC(=NCC(c1ccccc1OC)N(C)C)NCC1CC1. The van der Waals surface area contributed by atoms with E-state index >= 15 is 0 Å². The summed E-state index contributed by atoms with van der Waals surface area (Å²) in [5.41, 5.74) is 1.17. The molecule has 1 aliphatic carbocycles. The standard InChI is InChI=1S/C18H30N4O/c1-5-19-18(20-12-14-10-11-14)21-13-16(22(2)3)15-8-6-7-9-17(15)23-4/h6-9,14,16H,5,10-13H2,1-4H3,(H2,19,20,21). The quantitative estimate of drug-likeness (QED) is 0.570. The molecule has 0 aromatic heterocycles. The van der Waals surface area contributed by atoms with E-state index in [1.165, 1.54) is 18.4 Å². The second-order valence-electron chi connectivity index (χ2n) is 6.27. The van der Waals surface area contributed by atoms with Crippen LogP contribution in [0.1, 0.15) is 31.4 Å². The van der Waals surface area contributed by atoms with E-state index in [0.29, 0.717) is 6.54 Å². The fourth-order valence-electron chi connectivity index (χ4n) is 2.56. The number of rotatable bonds is 8. The van der Waals surface area contributed by atoms with E-state index < -0.39 is 0 Å². The van der Waals surface area contributed by atoms with Gasteiger partial charge in [-0.15, -0.1) is 0 Å². The first-order valence-corrected chi connectivity index (χ1v) is 8.47. The van der Waals surface area contributed by atoms with Gasteiger partial charge in [-0.2, -0.15) is 0 Å². The van der Waals surface area contributed by atoms with Gasteiger partial charge in [0.25, 0.3) is 0 Å². The number of aliphatic imine (C=N–C) groups is 1. The van der Waals surface area contributed by atoms with Crippen LogP contribution in [-0.4, -0.2) is 51.7 Å². The number of likely N-dealkylation sites (N-methyl/N-ethyl adjacent to an activating group) is 1. The van der Waals surface area contributed by atoms with Crippen molar-refractivity contribution < 1.29 is 4.74 Å². The smallest absolute Gasteiger partial charge is 0.191 e. The number of para-hydroxylation sites is 1. The maximum Gasteiger partial charge on any atom is 0.191 e. The Hall–Kier alpha value is -1.75. The summed E-state index contributed by atoms with van der Waals surface area (Å²) in [7, 11) is 5.88. The molecule has 1 saturated carbocycles. The average Bonchev–Trinajstić information content (AvgIpc) is 3.37. The first kappa shape index (κ1) is 17.6. The normalized spacial score (nSPS) is 16.3. The van der Waals surface area contributed by atoms with Crippen molar-refractivity contribution in [1.82, 2.24) is 15.5 Å². The molecule has 2 rings (SSSR count). The highest BCUT2D eigenvalue weighted by molar-refractivity contribution is 5.79. The molecule has 1 unspecified atom stereocenters. The monoisotopic (exact) mass is 318 g/mol. The van der Waals surface area contributed by atoms with E-state index in [1.807, 2.05) is 12.1 Å². The van der Waals surface area contributed by atoms with Crippen LogP contribution in [0.3, 0.4) is 0 Å². The summed E-state index contributed by atoms with van der Waals surface area (Å²) in [6, 6.07) is 8.35. The molecule has 1 aromatic carbocycles. The summed E-state index contributed by atoms with van der Waals surface area (Å²) in [5.74, 6) is 2.65. The predicted octanol–water partition coefficient (Wildman–Crippen LogP) is 2.26. The zero-order valence-electron chi connectivity index (χ0n) is 14.8. The zero-order valence-corrected chi connectivity index (χ0v) is 14.8. The molecule has 2 N–H and O–H groups in total. The van der Waals surface area contributed by atoms with Gasteiger partial charge >= 0.3 is 0 Å². The lowest BCUT2D eigenvalue weighted by atomic mass is 10.0. The molecule has 1 aromatic rings. The van der Waals surface area contributed by atoms with E-state index in [4.69, 9.17) is 9.73 Å². The lowest BCUT2D eigenvalue weighted by Crippen LogP contribution is -2.39. The maximum absolute atomic E-state index is 5.51. The number of ether oxygens (including phenoxy) is 1. The lowest BCUT2D eigenvalue weighted by molar-refractivity contribution is 0.295. The Kier molecular flexibility index (Phi) is 6.71. The van der Waals surface area contributed by atoms with Crippen LogP contribution in [0.5, 0.6) is 5.75 Å². The maximum atomic E-state index is 5.51. The number of nitrogens with one attached hydrogen (secondary N) is 2. The van der Waals surface area contributed by atoms with Gasteiger partial charge in [-0.1, -0.05) is 18.2 Å². The topological polar surface area (TPSA) is 48.9 Å². The molecule has 1 fully saturated rings. The molecule has 0 heterocycles. The van der Waals surface area contributed by atoms with Crippen LogP contribution in [0.15, 0.2) is 29.3 Å². The average molecular weight is 318 g/mol. The molecule has 0 amide bonds. The number of guanidine groups is 1. The summed E-state index contributed by atoms with van der Waals surface area (Å²) in [6.45, 7) is 4.68. The van der Waals surface area contributed by atoms with Crippen molar-refractivity contribution in [3.8, 4) is 5.75 Å². The van der Waals surface area contributed by atoms with Gasteiger partial charge in [0.2, 0.25) is 0 Å². The third-order valence-electron chi connectivity index (χ3n) is 4.14. The summed E-state index contributed by atoms with van der Waals surface area (Å²) in [5, 5.41) is 6.78. The minimum absolute atomic E-state index is 0.183. The van der Waals surface area contributed by atoms with Gasteiger partial charge in [-0.25, -0.2) is 0 Å². The summed E-state index contributed by atoms with van der Waals surface area (Å²) < 4.78 is 5.51. The van der Waals surface area contributed by atoms with Gasteiger partial charge in [0.05, 0.1) is 19.7 Å². The molecular weight excluding hydrogens is 288 g/mol. The molecule has 128 valence electrons. The van der Waals surface area contributed by atoms with E-state index in [2.05, 4.69) is 48.7 Å². The summed E-state index contributed by atoms with van der Waals surface area (Å²) in [6.07, 6.45) is 2.68. The Balaban J connectivity index is 2.08. The van der Waals surface area contributed by atoms with Gasteiger partial charge < -0.3 is 20.3 Å². The van der Waals surface area contributed by atoms with Crippen LogP contribution in [0.4, 0.5) is 0 Å². The molecule has 0 radical (unpaired) electrons. The molecule has 0 aliphatic heterocycles. The minimum atomic E-state index is 0.183. The van der Waals surface area contributed by atoms with Crippen LogP contribution in [0.2, 0.25) is 0 Å². The molecule has 5 nitrogen and oxygen atoms in total. The first-order valence-electron chi connectivity index (χ1n) is 8.47. The van der Waals surface area contributed by atoms with Gasteiger partial charge in [0.15, 0.2) is 5.96 Å². The molecule has 23 heavy (non-hydrogen) atoms. The van der Waals surface area contributed by atoms with Crippen molar-refractivity contribution in [3.05, 3.63) is 29.8 Å². The molecular formula is C18H30N4O. The third kappa shape index (κ3) is 5.43. The molecule has 0 spiro atoms. The molecule has 1 aliphatic rings. The van der Waals surface area contributed by atoms with Crippen molar-refractivity contribution in [1.29, 1.82) is 0 Å². The number of benzene rings is 1. The second kappa shape index (κ2) is 8.77. The summed E-state index contributed by atoms with van der Waals surface area (Å²) in [4.78, 5) is 6.97. The highest BCUT2D eigenvalue weighted by Crippen LogP contribution is 2.28. The van der Waals surface area contributed by atoms with Crippen LogP contribution >= 0.6 is 0 Å². The highest BCUT2D eigenvalue weighted by Gasteiger charge is 2.21. The Labute approximate surface area is 140 Å². The van der Waals surface area contributed by atoms with Crippen LogP contribution < -0.4 is 15.4 Å². The fourth-order valence-corrected chi connectivity index (χ4v) is 2.56. The van der Waals surface area contributed by atoms with Gasteiger partial charge in [0, 0.05) is 18.7 Å². The van der Waals surface area contributed by atoms with Crippen molar-refractivity contribution in [2.24, 2.45) is 10.9 Å². The van der Waals surface area contributed by atoms with Gasteiger partial charge in [-0.05, 0) is 45.8 Å². The Morgan fingerprint density at radius 1 is 1.30 bits per heavy atom. The first-order chi connectivity index (χ1) is 11.2. The van der Waals surface area contributed by atoms with Crippen LogP contribution in [0, 0.1) is 5.92 Å². The Bertz CT molecular complexity index is 511. The van der Waals surface area contributed by atoms with E-state index in [9.17, 15) is 0 Å². The lowest BCUT2D eigenvalue weighted by Gasteiger charge is -2.25. The van der Waals surface area contributed by atoms with Crippen molar-refractivity contribution in [3.63, 3.8) is 0 Å². The van der Waals surface area contributed by atoms with Crippen molar-refractivity contribution in [2.75, 3.05) is 40.8 Å². The highest BCUT2D eigenvalue weighted by atomic mass is 16.5. The Morgan fingerprint density at radius 2 is 2.04 bits per heavy atom. The third-order valence-corrected chi connectivity index (χ3v) is 4.14. The fraction of sp³-hybridized carbons (Fsp3) is 0.611. The van der Waals surface area contributed by atoms with E-state index in [1.54, 1.807) is 7.11 Å². The Morgan fingerprint density at radius 3 is 2.65 bits per heavy atom. The van der Waals surface area contributed by atoms with Crippen LogP contribution in [0.25, 0.3) is 0 Å². The molecule has 0 saturated heterocycles. The number of hydrogen-bond donors (Lipinski definition) is 2. The number of nitrogens with zero attached hydrogens (tertiary/aromatic N) is 2. The van der Waals surface area contributed by atoms with Crippen LogP contribution in [-0.2, 0) is 0 Å². The molecule has 0 bridgehead atoms. The van der Waals surface area contributed by atoms with Gasteiger partial charge in [0.1, 0.15) is 5.75 Å². The minimum Gasteiger partial charge on any atom is -0.496 e. The molecule has 1 atom stereocenters. The summed E-state index contributed by atoms with van der Waals surface area (Å²) >= 11 is 0. The van der Waals surface area contributed by atoms with Crippen molar-refractivity contribution in [2.45, 2.75) is 25.8 Å². The second-order valence-corrected chi connectivity index (χ2v) is 6.27. The molecule has 5 heteroatoms. The van der Waals surface area contributed by atoms with Crippen molar-refractivity contribution >= 4 is 5.96 Å². The largest absolute Gasteiger partial charge is 0.496 e. The number of hydrogen-bond acceptors (Lipinski definition) is 3. The van der Waals surface area contributed by atoms with E-state index in [0.717, 1.165) is 30.7 Å². The van der Waals surface area contributed by atoms with Gasteiger partial charge in [-0.3, -0.25) is 4.99 Å². The predicted molar refractivity (Wildman–Crippen MR) is 96.1 cm³/mol. The van der Waals surface area contributed by atoms with E-state index in [-0.39, 0.29) is 6.04 Å². The number of methoxy groups -OCH3 is 1. The zero-order chi connectivity index (χ0) is 16.7.